The van der Waals surface area contributed by atoms with Crippen LogP contribution in [0.4, 0.5) is 13.2 Å². The summed E-state index contributed by atoms with van der Waals surface area (Å²) in [6.07, 6.45) is -2.68. The van der Waals surface area contributed by atoms with Gasteiger partial charge in [0, 0.05) is 0 Å². The van der Waals surface area contributed by atoms with Gasteiger partial charge in [-0.1, -0.05) is 0 Å². The number of alkyl halides is 3. The van der Waals surface area contributed by atoms with Crippen molar-refractivity contribution in [1.29, 1.82) is 0 Å². The van der Waals surface area contributed by atoms with Gasteiger partial charge in [0.05, 0.1) is 6.54 Å². The molecule has 0 amide bonds. The van der Waals surface area contributed by atoms with Crippen LogP contribution in [0.1, 0.15) is 0 Å². The van der Waals surface area contributed by atoms with Crippen molar-refractivity contribution in [1.82, 2.24) is 4.90 Å². The van der Waals surface area contributed by atoms with Crippen LogP contribution in [0.2, 0.25) is 0 Å². The molecule has 0 bridgehead atoms. The van der Waals surface area contributed by atoms with E-state index in [4.69, 9.17) is 0 Å². The SMILES string of the molecule is FC(F)(F)N1[C]CN=[C]1. The normalized spacial score (nSPS) is 19.2. The Bertz CT molecular complexity index is 128. The molecule has 0 saturated carbocycles. The highest BCUT2D eigenvalue weighted by Crippen LogP contribution is 2.22. The maximum Gasteiger partial charge on any atom is 0.486 e. The maximum atomic E-state index is 11.5. The van der Waals surface area contributed by atoms with Gasteiger partial charge in [0.1, 0.15) is 6.54 Å². The summed E-state index contributed by atoms with van der Waals surface area (Å²) >= 11 is 0. The Morgan fingerprint density at radius 3 is 2.33 bits per heavy atom. The zero-order valence-corrected chi connectivity index (χ0v) is 4.24. The molecule has 1 aliphatic rings. The molecule has 0 aromatic carbocycles. The van der Waals surface area contributed by atoms with Crippen LogP contribution in [0.25, 0.3) is 0 Å². The summed E-state index contributed by atoms with van der Waals surface area (Å²) in [4.78, 5) is 3.06. The Balaban J connectivity index is 2.53. The van der Waals surface area contributed by atoms with Gasteiger partial charge >= 0.3 is 6.30 Å². The van der Waals surface area contributed by atoms with Crippen LogP contribution in [0.15, 0.2) is 4.99 Å². The van der Waals surface area contributed by atoms with Crippen molar-refractivity contribution in [2.24, 2.45) is 4.99 Å². The van der Waals surface area contributed by atoms with E-state index >= 15 is 0 Å². The molecule has 49 valence electrons. The average Bonchev–Trinajstić information content (AvgIpc) is 2.08. The van der Waals surface area contributed by atoms with Gasteiger partial charge in [0.2, 0.25) is 0 Å². The van der Waals surface area contributed by atoms with Gasteiger partial charge in [-0.05, 0) is 0 Å². The molecule has 1 rings (SSSR count). The average molecular weight is 135 g/mol. The lowest BCUT2D eigenvalue weighted by Crippen LogP contribution is -2.32. The van der Waals surface area contributed by atoms with Gasteiger partial charge in [-0.15, -0.1) is 13.2 Å². The van der Waals surface area contributed by atoms with E-state index in [-0.39, 0.29) is 11.4 Å². The first-order chi connectivity index (χ1) is 4.11. The van der Waals surface area contributed by atoms with E-state index in [0.29, 0.717) is 0 Å². The van der Waals surface area contributed by atoms with Crippen molar-refractivity contribution in [3.8, 4) is 0 Å². The van der Waals surface area contributed by atoms with E-state index in [0.717, 1.165) is 0 Å². The van der Waals surface area contributed by atoms with Crippen molar-refractivity contribution >= 4 is 6.34 Å². The van der Waals surface area contributed by atoms with Crippen LogP contribution in [0.3, 0.4) is 0 Å². The zero-order chi connectivity index (χ0) is 6.91. The highest BCUT2D eigenvalue weighted by Gasteiger charge is 2.37. The minimum absolute atomic E-state index is 0.0560. The zero-order valence-electron chi connectivity index (χ0n) is 4.24. The second-order valence-corrected chi connectivity index (χ2v) is 1.38. The fraction of sp³-hybridized carbons (Fsp3) is 0.500. The molecular weight excluding hydrogens is 133 g/mol. The van der Waals surface area contributed by atoms with E-state index in [1.54, 1.807) is 6.34 Å². The van der Waals surface area contributed by atoms with Gasteiger partial charge in [0.25, 0.3) is 0 Å². The first kappa shape index (κ1) is 6.38. The van der Waals surface area contributed by atoms with Crippen LogP contribution >= 0.6 is 0 Å². The monoisotopic (exact) mass is 135 g/mol. The number of hydrogen-bond acceptors (Lipinski definition) is 2. The van der Waals surface area contributed by atoms with E-state index in [9.17, 15) is 13.2 Å². The molecule has 0 aromatic heterocycles. The van der Waals surface area contributed by atoms with Crippen molar-refractivity contribution in [3.63, 3.8) is 0 Å². The lowest BCUT2D eigenvalue weighted by Gasteiger charge is -2.14. The van der Waals surface area contributed by atoms with Crippen LogP contribution in [0.5, 0.6) is 0 Å². The third kappa shape index (κ3) is 1.34. The maximum absolute atomic E-state index is 11.5. The second-order valence-electron chi connectivity index (χ2n) is 1.38. The summed E-state index contributed by atoms with van der Waals surface area (Å²) in [6, 6.07) is 0. The lowest BCUT2D eigenvalue weighted by atomic mass is 10.6. The van der Waals surface area contributed by atoms with Gasteiger partial charge in [-0.2, -0.15) is 0 Å². The summed E-state index contributed by atoms with van der Waals surface area (Å²) in [5, 5.41) is 0. The fourth-order valence-corrected chi connectivity index (χ4v) is 0.394. The molecule has 3 radical (unpaired) electrons. The highest BCUT2D eigenvalue weighted by atomic mass is 19.4. The molecule has 0 fully saturated rings. The van der Waals surface area contributed by atoms with Crippen LogP contribution in [0, 0.1) is 6.54 Å². The fourth-order valence-electron chi connectivity index (χ4n) is 0.394. The Kier molecular flexibility index (Phi) is 1.34. The summed E-state index contributed by atoms with van der Waals surface area (Å²) in [6.45, 7) is 1.87. The summed E-state index contributed by atoms with van der Waals surface area (Å²) in [7, 11) is 0. The highest BCUT2D eigenvalue weighted by molar-refractivity contribution is 5.59. The van der Waals surface area contributed by atoms with Gasteiger partial charge in [-0.25, -0.2) is 0 Å². The predicted octanol–water partition coefficient (Wildman–Crippen LogP) is 0.766. The molecule has 2 nitrogen and oxygen atoms in total. The molecular formula is C4H2F3N2. The molecule has 1 aliphatic heterocycles. The van der Waals surface area contributed by atoms with Crippen molar-refractivity contribution in [3.05, 3.63) is 6.54 Å². The summed E-state index contributed by atoms with van der Waals surface area (Å²) in [5.74, 6) is 0. The summed E-state index contributed by atoms with van der Waals surface area (Å²) in [5.41, 5.74) is 0. The first-order valence-electron chi connectivity index (χ1n) is 2.13. The van der Waals surface area contributed by atoms with Gasteiger partial charge < -0.3 is 0 Å². The third-order valence-corrected chi connectivity index (χ3v) is 0.732. The minimum Gasteiger partial charge on any atom is -0.262 e. The Labute approximate surface area is 50.0 Å². The number of nitrogens with zero attached hydrogens (tertiary/aromatic N) is 2. The van der Waals surface area contributed by atoms with Crippen LogP contribution in [-0.4, -0.2) is 24.1 Å². The quantitative estimate of drug-likeness (QED) is 0.448. The molecule has 0 N–H and O–H groups in total. The molecule has 9 heavy (non-hydrogen) atoms. The van der Waals surface area contributed by atoms with Crippen molar-refractivity contribution in [2.75, 3.05) is 6.54 Å². The standard InChI is InChI=1S/C4H2F3N2/c5-4(6,7)9-2-1-8-3-9/h1H2. The van der Waals surface area contributed by atoms with Crippen LogP contribution in [-0.2, 0) is 0 Å². The van der Waals surface area contributed by atoms with Crippen LogP contribution < -0.4 is 0 Å². The van der Waals surface area contributed by atoms with E-state index in [1.807, 2.05) is 6.54 Å². The Morgan fingerprint density at radius 2 is 2.11 bits per heavy atom. The smallest absolute Gasteiger partial charge is 0.262 e. The molecule has 0 aromatic rings. The van der Waals surface area contributed by atoms with Crippen molar-refractivity contribution in [2.45, 2.75) is 6.30 Å². The predicted molar refractivity (Wildman–Crippen MR) is 23.4 cm³/mol. The van der Waals surface area contributed by atoms with Crippen molar-refractivity contribution < 1.29 is 13.2 Å². The Morgan fingerprint density at radius 1 is 1.44 bits per heavy atom. The molecule has 0 aliphatic carbocycles. The number of rotatable bonds is 0. The third-order valence-electron chi connectivity index (χ3n) is 0.732. The number of halogens is 3. The summed E-state index contributed by atoms with van der Waals surface area (Å²) < 4.78 is 34.5. The van der Waals surface area contributed by atoms with Gasteiger partial charge in [0.15, 0.2) is 6.34 Å². The molecule has 5 heteroatoms. The molecule has 0 unspecified atom stereocenters. The lowest BCUT2D eigenvalue weighted by molar-refractivity contribution is -0.204. The molecule has 0 spiro atoms. The first-order valence-corrected chi connectivity index (χ1v) is 2.13. The van der Waals surface area contributed by atoms with E-state index < -0.39 is 6.30 Å². The molecule has 0 saturated heterocycles. The van der Waals surface area contributed by atoms with Gasteiger partial charge in [-0.3, -0.25) is 9.89 Å². The Hall–Kier alpha value is -0.740. The number of hydrogen-bond donors (Lipinski definition) is 0. The molecule has 0 atom stereocenters. The van der Waals surface area contributed by atoms with E-state index in [1.165, 1.54) is 0 Å². The topological polar surface area (TPSA) is 15.6 Å². The second kappa shape index (κ2) is 1.89. The largest absolute Gasteiger partial charge is 0.486 e. The molecule has 1 heterocycles. The van der Waals surface area contributed by atoms with E-state index in [2.05, 4.69) is 4.99 Å². The minimum atomic E-state index is -4.40. The number of aliphatic imine (C=N–C) groups is 1.